The van der Waals surface area contributed by atoms with Gasteiger partial charge in [0.1, 0.15) is 0 Å². The maximum absolute atomic E-state index is 12.8. The zero-order valence-corrected chi connectivity index (χ0v) is 13.3. The molecule has 0 saturated carbocycles. The van der Waals surface area contributed by atoms with E-state index in [4.69, 9.17) is 4.74 Å². The van der Waals surface area contributed by atoms with Crippen molar-refractivity contribution in [1.82, 2.24) is 4.90 Å². The van der Waals surface area contributed by atoms with Gasteiger partial charge in [-0.25, -0.2) is 4.79 Å². The molecule has 0 spiro atoms. The summed E-state index contributed by atoms with van der Waals surface area (Å²) < 4.78 is 5.09. The number of carbonyl (C=O) groups excluding carboxylic acids is 1. The molecule has 1 aromatic carbocycles. The van der Waals surface area contributed by atoms with Crippen LogP contribution in [0.1, 0.15) is 45.7 Å². The Hall–Kier alpha value is -1.88. The van der Waals surface area contributed by atoms with Crippen molar-refractivity contribution in [2.24, 2.45) is 0 Å². The van der Waals surface area contributed by atoms with Crippen molar-refractivity contribution in [3.63, 3.8) is 0 Å². The summed E-state index contributed by atoms with van der Waals surface area (Å²) in [6, 6.07) is 3.39. The molecule has 0 radical (unpaired) electrons. The van der Waals surface area contributed by atoms with Gasteiger partial charge in [-0.1, -0.05) is 12.1 Å². The molecule has 1 unspecified atom stereocenters. The summed E-state index contributed by atoms with van der Waals surface area (Å²) in [4.78, 5) is 25.9. The Morgan fingerprint density at radius 2 is 1.76 bits per heavy atom. The van der Waals surface area contributed by atoms with Crippen molar-refractivity contribution >= 4 is 11.9 Å². The predicted octanol–water partition coefficient (Wildman–Crippen LogP) is 2.50. The number of carbonyl (C=O) groups is 2. The van der Waals surface area contributed by atoms with Gasteiger partial charge >= 0.3 is 5.97 Å². The van der Waals surface area contributed by atoms with Gasteiger partial charge in [0.15, 0.2) is 0 Å². The van der Waals surface area contributed by atoms with Gasteiger partial charge in [0.25, 0.3) is 5.91 Å². The van der Waals surface area contributed by atoms with Crippen LogP contribution in [-0.2, 0) is 4.74 Å². The number of carboxylic acid groups (broad SMARTS) is 1. The number of methoxy groups -OCH3 is 1. The summed E-state index contributed by atoms with van der Waals surface area (Å²) in [5, 5.41) is 9.42. The molecule has 0 aliphatic rings. The van der Waals surface area contributed by atoms with Crippen LogP contribution in [0.15, 0.2) is 12.1 Å². The fourth-order valence-electron chi connectivity index (χ4n) is 2.49. The first-order valence-electron chi connectivity index (χ1n) is 6.98. The first-order valence-corrected chi connectivity index (χ1v) is 6.98. The Bertz CT molecular complexity index is 539. The molecule has 1 atom stereocenters. The predicted molar refractivity (Wildman–Crippen MR) is 80.9 cm³/mol. The minimum Gasteiger partial charge on any atom is -0.478 e. The molecule has 21 heavy (non-hydrogen) atoms. The molecule has 5 nitrogen and oxygen atoms in total. The summed E-state index contributed by atoms with van der Waals surface area (Å²) in [5.74, 6) is -1.34. The highest BCUT2D eigenvalue weighted by atomic mass is 16.5. The number of benzene rings is 1. The van der Waals surface area contributed by atoms with Gasteiger partial charge in [0, 0.05) is 13.7 Å². The fourth-order valence-corrected chi connectivity index (χ4v) is 2.49. The number of aryl methyl sites for hydroxylation is 2. The largest absolute Gasteiger partial charge is 0.478 e. The monoisotopic (exact) mass is 293 g/mol. The molecule has 116 valence electrons. The van der Waals surface area contributed by atoms with E-state index in [0.717, 1.165) is 0 Å². The van der Waals surface area contributed by atoms with E-state index in [-0.39, 0.29) is 23.1 Å². The summed E-state index contributed by atoms with van der Waals surface area (Å²) in [7, 11) is 1.58. The Balaban J connectivity index is 3.34. The number of aromatic carboxylic acids is 1. The molecule has 0 bridgehead atoms. The third kappa shape index (κ3) is 3.61. The second-order valence-electron chi connectivity index (χ2n) is 5.15. The summed E-state index contributed by atoms with van der Waals surface area (Å²) >= 11 is 0. The number of ether oxygens (including phenoxy) is 1. The molecule has 1 N–H and O–H groups in total. The van der Waals surface area contributed by atoms with Gasteiger partial charge in [-0.15, -0.1) is 0 Å². The fraction of sp³-hybridized carbons (Fsp3) is 0.500. The van der Waals surface area contributed by atoms with E-state index in [1.165, 1.54) is 0 Å². The molecule has 1 aromatic rings. The van der Waals surface area contributed by atoms with Gasteiger partial charge in [0.05, 0.1) is 23.8 Å². The van der Waals surface area contributed by atoms with E-state index in [0.29, 0.717) is 24.3 Å². The maximum atomic E-state index is 12.8. The molecule has 0 heterocycles. The second-order valence-corrected chi connectivity index (χ2v) is 5.15. The number of amides is 1. The topological polar surface area (TPSA) is 66.8 Å². The maximum Gasteiger partial charge on any atom is 0.336 e. The quantitative estimate of drug-likeness (QED) is 0.875. The highest BCUT2D eigenvalue weighted by molar-refractivity contribution is 6.06. The van der Waals surface area contributed by atoms with E-state index in [2.05, 4.69) is 0 Å². The van der Waals surface area contributed by atoms with Crippen molar-refractivity contribution in [3.8, 4) is 0 Å². The van der Waals surface area contributed by atoms with Gasteiger partial charge < -0.3 is 14.7 Å². The lowest BCUT2D eigenvalue weighted by Gasteiger charge is -2.29. The molecule has 0 aliphatic heterocycles. The Labute approximate surface area is 125 Å². The van der Waals surface area contributed by atoms with E-state index in [1.54, 1.807) is 38.0 Å². The second kappa shape index (κ2) is 7.22. The molecule has 0 saturated heterocycles. The van der Waals surface area contributed by atoms with Crippen molar-refractivity contribution in [2.75, 3.05) is 20.3 Å². The number of likely N-dealkylation sites (N-methyl/N-ethyl adjacent to an activating group) is 1. The average Bonchev–Trinajstić information content (AvgIpc) is 2.41. The zero-order valence-electron chi connectivity index (χ0n) is 13.3. The molecular formula is C16H23NO4. The molecule has 5 heteroatoms. The van der Waals surface area contributed by atoms with Crippen LogP contribution in [-0.4, -0.2) is 48.2 Å². The van der Waals surface area contributed by atoms with Crippen LogP contribution >= 0.6 is 0 Å². The molecule has 1 amide bonds. The molecule has 0 aromatic heterocycles. The lowest BCUT2D eigenvalue weighted by atomic mass is 9.95. The van der Waals surface area contributed by atoms with Crippen LogP contribution in [0.4, 0.5) is 0 Å². The first-order chi connectivity index (χ1) is 9.84. The van der Waals surface area contributed by atoms with E-state index in [9.17, 15) is 14.7 Å². The van der Waals surface area contributed by atoms with Crippen molar-refractivity contribution in [1.29, 1.82) is 0 Å². The van der Waals surface area contributed by atoms with Crippen molar-refractivity contribution in [3.05, 3.63) is 34.4 Å². The highest BCUT2D eigenvalue weighted by Gasteiger charge is 2.27. The van der Waals surface area contributed by atoms with Crippen LogP contribution in [0, 0.1) is 13.8 Å². The third-order valence-corrected chi connectivity index (χ3v) is 3.59. The van der Waals surface area contributed by atoms with E-state index in [1.807, 2.05) is 13.8 Å². The van der Waals surface area contributed by atoms with Crippen molar-refractivity contribution in [2.45, 2.75) is 33.7 Å². The van der Waals surface area contributed by atoms with Crippen LogP contribution in [0.3, 0.4) is 0 Å². The van der Waals surface area contributed by atoms with Crippen LogP contribution in [0.5, 0.6) is 0 Å². The van der Waals surface area contributed by atoms with Gasteiger partial charge in [-0.05, 0) is 38.8 Å². The number of carboxylic acids is 1. The smallest absolute Gasteiger partial charge is 0.336 e. The summed E-state index contributed by atoms with van der Waals surface area (Å²) in [5.41, 5.74) is 1.62. The third-order valence-electron chi connectivity index (χ3n) is 3.59. The average molecular weight is 293 g/mol. The van der Waals surface area contributed by atoms with Crippen LogP contribution < -0.4 is 0 Å². The van der Waals surface area contributed by atoms with E-state index >= 15 is 0 Å². The van der Waals surface area contributed by atoms with Gasteiger partial charge in [0.2, 0.25) is 0 Å². The first kappa shape index (κ1) is 17.2. The Morgan fingerprint density at radius 1 is 1.24 bits per heavy atom. The van der Waals surface area contributed by atoms with Crippen LogP contribution in [0.25, 0.3) is 0 Å². The van der Waals surface area contributed by atoms with Crippen LogP contribution in [0.2, 0.25) is 0 Å². The lowest BCUT2D eigenvalue weighted by Crippen LogP contribution is -2.41. The normalized spacial score (nSPS) is 12.0. The van der Waals surface area contributed by atoms with Gasteiger partial charge in [-0.3, -0.25) is 4.79 Å². The molecule has 1 rings (SSSR count). The molecular weight excluding hydrogens is 270 g/mol. The number of rotatable bonds is 6. The molecule has 0 fully saturated rings. The molecule has 0 aliphatic carbocycles. The number of hydrogen-bond acceptors (Lipinski definition) is 3. The highest BCUT2D eigenvalue weighted by Crippen LogP contribution is 2.21. The van der Waals surface area contributed by atoms with E-state index < -0.39 is 5.97 Å². The minimum atomic E-state index is -1.07. The Kier molecular flexibility index (Phi) is 5.90. The van der Waals surface area contributed by atoms with Gasteiger partial charge in [-0.2, -0.15) is 0 Å². The summed E-state index contributed by atoms with van der Waals surface area (Å²) in [6.07, 6.45) is 0. The van der Waals surface area contributed by atoms with Crippen molar-refractivity contribution < 1.29 is 19.4 Å². The minimum absolute atomic E-state index is 0.0862. The number of nitrogens with zero attached hydrogens (tertiary/aromatic N) is 1. The summed E-state index contributed by atoms with van der Waals surface area (Å²) in [6.45, 7) is 8.12. The SMILES string of the molecule is CCN(C(=O)c1c(C)ccc(C)c1C(=O)O)C(C)COC. The zero-order chi connectivity index (χ0) is 16.2. The standard InChI is InChI=1S/C16H23NO4/c1-6-17(12(4)9-21-5)15(18)13-10(2)7-8-11(3)14(13)16(19)20/h7-8,12H,6,9H2,1-5H3,(H,19,20). The lowest BCUT2D eigenvalue weighted by molar-refractivity contribution is 0.0565. The Morgan fingerprint density at radius 3 is 2.19 bits per heavy atom. The number of hydrogen-bond donors (Lipinski definition) is 1.